The molecule has 0 spiro atoms. The molecule has 0 bridgehead atoms. The van der Waals surface area contributed by atoms with Gasteiger partial charge in [-0.1, -0.05) is 46.3 Å². The van der Waals surface area contributed by atoms with Gasteiger partial charge in [-0.05, 0) is 17.7 Å². The van der Waals surface area contributed by atoms with E-state index in [4.69, 9.17) is 4.74 Å². The van der Waals surface area contributed by atoms with Gasteiger partial charge in [-0.15, -0.1) is 0 Å². The smallest absolute Gasteiger partial charge is 0.410 e. The normalized spacial score (nSPS) is 14.5. The molecule has 2 aromatic rings. The van der Waals surface area contributed by atoms with E-state index >= 15 is 0 Å². The van der Waals surface area contributed by atoms with Crippen molar-refractivity contribution in [3.63, 3.8) is 0 Å². The molecule has 1 saturated heterocycles. The summed E-state index contributed by atoms with van der Waals surface area (Å²) in [4.78, 5) is 16.0. The highest BCUT2D eigenvalue weighted by atomic mass is 79.9. The van der Waals surface area contributed by atoms with E-state index in [1.165, 1.54) is 0 Å². The van der Waals surface area contributed by atoms with Gasteiger partial charge in [0.25, 0.3) is 0 Å². The molecule has 126 valence electrons. The number of anilines is 1. The molecule has 0 saturated carbocycles. The summed E-state index contributed by atoms with van der Waals surface area (Å²) < 4.78 is 6.20. The van der Waals surface area contributed by atoms with Gasteiger partial charge in [0.1, 0.15) is 12.4 Å². The predicted molar refractivity (Wildman–Crippen MR) is 96.2 cm³/mol. The number of benzene rings is 2. The number of nitrogens with zero attached hydrogens (tertiary/aromatic N) is 2. The highest BCUT2D eigenvalue weighted by Gasteiger charge is 2.22. The van der Waals surface area contributed by atoms with Crippen LogP contribution in [0.15, 0.2) is 53.0 Å². The Morgan fingerprint density at radius 3 is 2.46 bits per heavy atom. The molecule has 1 heterocycles. The lowest BCUT2D eigenvalue weighted by Gasteiger charge is -2.35. The minimum Gasteiger partial charge on any atom is -0.508 e. The van der Waals surface area contributed by atoms with Gasteiger partial charge in [-0.3, -0.25) is 0 Å². The lowest BCUT2D eigenvalue weighted by atomic mass is 10.2. The van der Waals surface area contributed by atoms with E-state index in [1.807, 2.05) is 36.4 Å². The summed E-state index contributed by atoms with van der Waals surface area (Å²) in [5.41, 5.74) is 1.92. The molecule has 1 aliphatic heterocycles. The third-order valence-electron chi connectivity index (χ3n) is 3.98. The first kappa shape index (κ1) is 16.6. The van der Waals surface area contributed by atoms with Gasteiger partial charge in [0.05, 0.1) is 0 Å². The topological polar surface area (TPSA) is 53.0 Å². The number of phenolic OH excluding ortho intramolecular Hbond substituents is 1. The average Bonchev–Trinajstić information content (AvgIpc) is 2.60. The molecular formula is C18H19BrN2O3. The third kappa shape index (κ3) is 4.20. The molecule has 0 aromatic heterocycles. The van der Waals surface area contributed by atoms with Crippen LogP contribution >= 0.6 is 15.9 Å². The third-order valence-corrected chi connectivity index (χ3v) is 4.43. The Kier molecular flexibility index (Phi) is 5.25. The summed E-state index contributed by atoms with van der Waals surface area (Å²) in [6, 6.07) is 15.0. The van der Waals surface area contributed by atoms with E-state index in [-0.39, 0.29) is 11.8 Å². The summed E-state index contributed by atoms with van der Waals surface area (Å²) in [5.74, 6) is 0.226. The molecule has 2 aromatic carbocycles. The van der Waals surface area contributed by atoms with Crippen LogP contribution in [0, 0.1) is 0 Å². The van der Waals surface area contributed by atoms with Gasteiger partial charge in [0.2, 0.25) is 0 Å². The van der Waals surface area contributed by atoms with Crippen molar-refractivity contribution in [1.29, 1.82) is 0 Å². The predicted octanol–water partition coefficient (Wildman–Crippen LogP) is 3.61. The number of phenols is 1. The number of piperazine rings is 1. The summed E-state index contributed by atoms with van der Waals surface area (Å²) in [6.45, 7) is 2.90. The zero-order valence-corrected chi connectivity index (χ0v) is 14.8. The van der Waals surface area contributed by atoms with E-state index in [2.05, 4.69) is 20.8 Å². The van der Waals surface area contributed by atoms with Crippen molar-refractivity contribution in [3.05, 3.63) is 58.6 Å². The molecule has 1 N–H and O–H groups in total. The highest BCUT2D eigenvalue weighted by Crippen LogP contribution is 2.27. The largest absolute Gasteiger partial charge is 0.508 e. The van der Waals surface area contributed by atoms with Gasteiger partial charge in [-0.25, -0.2) is 4.79 Å². The zero-order chi connectivity index (χ0) is 16.9. The molecule has 0 atom stereocenters. The molecular weight excluding hydrogens is 372 g/mol. The minimum absolute atomic E-state index is 0.226. The van der Waals surface area contributed by atoms with E-state index in [1.54, 1.807) is 17.0 Å². The fraction of sp³-hybridized carbons (Fsp3) is 0.278. The number of hydrogen-bond acceptors (Lipinski definition) is 4. The summed E-state index contributed by atoms with van der Waals surface area (Å²) in [5, 5.41) is 9.70. The Labute approximate surface area is 149 Å². The second kappa shape index (κ2) is 7.57. The number of ether oxygens (including phenoxy) is 1. The van der Waals surface area contributed by atoms with Gasteiger partial charge in [0, 0.05) is 42.4 Å². The van der Waals surface area contributed by atoms with Crippen molar-refractivity contribution in [3.8, 4) is 5.75 Å². The first-order valence-corrected chi connectivity index (χ1v) is 8.61. The minimum atomic E-state index is -0.282. The van der Waals surface area contributed by atoms with Crippen molar-refractivity contribution in [2.75, 3.05) is 31.1 Å². The van der Waals surface area contributed by atoms with E-state index in [0.29, 0.717) is 32.8 Å². The molecule has 1 amide bonds. The molecule has 1 fully saturated rings. The molecule has 1 aliphatic rings. The SMILES string of the molecule is O=C(OCc1ccccc1)N1CCN(c2cc(O)cc(Br)c2)CC1. The number of rotatable bonds is 3. The number of hydrogen-bond donors (Lipinski definition) is 1. The second-order valence-electron chi connectivity index (χ2n) is 5.68. The maximum absolute atomic E-state index is 12.2. The summed E-state index contributed by atoms with van der Waals surface area (Å²) in [7, 11) is 0. The van der Waals surface area contributed by atoms with Crippen molar-refractivity contribution in [2.45, 2.75) is 6.61 Å². The number of carbonyl (C=O) groups excluding carboxylic acids is 1. The van der Waals surface area contributed by atoms with Crippen LogP contribution in [0.25, 0.3) is 0 Å². The first-order valence-electron chi connectivity index (χ1n) is 7.82. The van der Waals surface area contributed by atoms with Gasteiger partial charge in [-0.2, -0.15) is 0 Å². The fourth-order valence-corrected chi connectivity index (χ4v) is 3.17. The molecule has 0 aliphatic carbocycles. The Morgan fingerprint density at radius 2 is 1.79 bits per heavy atom. The standard InChI is InChI=1S/C18H19BrN2O3/c19-15-10-16(12-17(22)11-15)20-6-8-21(9-7-20)18(23)24-13-14-4-2-1-3-5-14/h1-5,10-12,22H,6-9,13H2. The lowest BCUT2D eigenvalue weighted by Crippen LogP contribution is -2.48. The monoisotopic (exact) mass is 390 g/mol. The van der Waals surface area contributed by atoms with Crippen LogP contribution in [0.4, 0.5) is 10.5 Å². The van der Waals surface area contributed by atoms with Gasteiger partial charge in [0.15, 0.2) is 0 Å². The second-order valence-corrected chi connectivity index (χ2v) is 6.60. The van der Waals surface area contributed by atoms with Crippen LogP contribution in [0.3, 0.4) is 0 Å². The Morgan fingerprint density at radius 1 is 1.08 bits per heavy atom. The Bertz CT molecular complexity index is 680. The molecule has 24 heavy (non-hydrogen) atoms. The van der Waals surface area contributed by atoms with Crippen molar-refractivity contribution < 1.29 is 14.6 Å². The molecule has 0 unspecified atom stereocenters. The molecule has 0 radical (unpaired) electrons. The zero-order valence-electron chi connectivity index (χ0n) is 13.2. The van der Waals surface area contributed by atoms with Gasteiger partial charge < -0.3 is 19.6 Å². The van der Waals surface area contributed by atoms with Crippen molar-refractivity contribution >= 4 is 27.7 Å². The molecule has 5 nitrogen and oxygen atoms in total. The molecule has 3 rings (SSSR count). The quantitative estimate of drug-likeness (QED) is 0.869. The van der Waals surface area contributed by atoms with Crippen LogP contribution < -0.4 is 4.90 Å². The van der Waals surface area contributed by atoms with Crippen molar-refractivity contribution in [1.82, 2.24) is 4.90 Å². The number of aromatic hydroxyl groups is 1. The van der Waals surface area contributed by atoms with Crippen molar-refractivity contribution in [2.24, 2.45) is 0 Å². The Balaban J connectivity index is 1.52. The van der Waals surface area contributed by atoms with Crippen LogP contribution in [0.1, 0.15) is 5.56 Å². The van der Waals surface area contributed by atoms with Gasteiger partial charge >= 0.3 is 6.09 Å². The highest BCUT2D eigenvalue weighted by molar-refractivity contribution is 9.10. The first-order chi connectivity index (χ1) is 11.6. The number of halogens is 1. The van der Waals surface area contributed by atoms with Crippen LogP contribution in [-0.4, -0.2) is 42.3 Å². The number of amides is 1. The van der Waals surface area contributed by atoms with E-state index in [0.717, 1.165) is 15.7 Å². The van der Waals surface area contributed by atoms with Crippen LogP contribution in [0.5, 0.6) is 5.75 Å². The lowest BCUT2D eigenvalue weighted by molar-refractivity contribution is 0.0942. The molecule has 6 heteroatoms. The van der Waals surface area contributed by atoms with Crippen LogP contribution in [-0.2, 0) is 11.3 Å². The van der Waals surface area contributed by atoms with Crippen LogP contribution in [0.2, 0.25) is 0 Å². The average molecular weight is 391 g/mol. The van der Waals surface area contributed by atoms with E-state index < -0.39 is 0 Å². The summed E-state index contributed by atoms with van der Waals surface area (Å²) in [6.07, 6.45) is -0.282. The number of carbonyl (C=O) groups is 1. The Hall–Kier alpha value is -2.21. The maximum Gasteiger partial charge on any atom is 0.410 e. The fourth-order valence-electron chi connectivity index (χ4n) is 2.70. The summed E-state index contributed by atoms with van der Waals surface area (Å²) >= 11 is 3.39. The maximum atomic E-state index is 12.2. The van der Waals surface area contributed by atoms with E-state index in [9.17, 15) is 9.90 Å².